The van der Waals surface area contributed by atoms with Gasteiger partial charge in [-0.2, -0.15) is 0 Å². The summed E-state index contributed by atoms with van der Waals surface area (Å²) >= 11 is 0. The number of methoxy groups -OCH3 is 1. The van der Waals surface area contributed by atoms with Crippen LogP contribution in [0.25, 0.3) is 0 Å². The van der Waals surface area contributed by atoms with Crippen LogP contribution in [-0.4, -0.2) is 25.0 Å². The molecule has 0 bridgehead atoms. The van der Waals surface area contributed by atoms with Gasteiger partial charge in [0.05, 0.1) is 12.7 Å². The lowest BCUT2D eigenvalue weighted by Crippen LogP contribution is -2.45. The summed E-state index contributed by atoms with van der Waals surface area (Å²) in [6.07, 6.45) is 6.58. The number of aryl methyl sites for hydroxylation is 1. The fourth-order valence-corrected chi connectivity index (χ4v) is 6.39. The van der Waals surface area contributed by atoms with Gasteiger partial charge in [0.2, 0.25) is 0 Å². The molecule has 0 radical (unpaired) electrons. The van der Waals surface area contributed by atoms with Crippen molar-refractivity contribution in [3.63, 3.8) is 0 Å². The molecule has 146 valence electrons. The SMILES string of the molecule is COc1cc2c(cc1C(C)=O)C1CCC3(C)C(OC(C)=O)CCC3C1CC2. The normalized spacial score (nSPS) is 34.2. The number of carbonyl (C=O) groups is 2. The van der Waals surface area contributed by atoms with E-state index in [1.54, 1.807) is 14.0 Å². The lowest BCUT2D eigenvalue weighted by atomic mass is 9.55. The highest BCUT2D eigenvalue weighted by molar-refractivity contribution is 5.97. The van der Waals surface area contributed by atoms with Crippen molar-refractivity contribution >= 4 is 11.8 Å². The molecular formula is C23H30O4. The minimum Gasteiger partial charge on any atom is -0.496 e. The van der Waals surface area contributed by atoms with Crippen molar-refractivity contribution in [2.45, 2.75) is 71.3 Å². The molecule has 0 N–H and O–H groups in total. The van der Waals surface area contributed by atoms with Crippen molar-refractivity contribution in [1.29, 1.82) is 0 Å². The van der Waals surface area contributed by atoms with Gasteiger partial charge in [0.25, 0.3) is 0 Å². The van der Waals surface area contributed by atoms with Crippen LogP contribution < -0.4 is 4.74 Å². The molecule has 2 saturated carbocycles. The third-order valence-electron chi connectivity index (χ3n) is 7.65. The van der Waals surface area contributed by atoms with Crippen LogP contribution >= 0.6 is 0 Å². The molecule has 0 spiro atoms. The van der Waals surface area contributed by atoms with Crippen LogP contribution in [0.4, 0.5) is 0 Å². The fourth-order valence-electron chi connectivity index (χ4n) is 6.39. The molecule has 3 aliphatic rings. The maximum absolute atomic E-state index is 12.1. The van der Waals surface area contributed by atoms with Gasteiger partial charge >= 0.3 is 5.97 Å². The van der Waals surface area contributed by atoms with Gasteiger partial charge in [-0.25, -0.2) is 0 Å². The Morgan fingerprint density at radius 1 is 1.11 bits per heavy atom. The molecule has 0 aliphatic heterocycles. The summed E-state index contributed by atoms with van der Waals surface area (Å²) in [7, 11) is 1.64. The standard InChI is InChI=1S/C23H30O4/c1-13(24)18-12-19-15(11-21(18)26-4)5-6-17-16(19)9-10-23(3)20(17)7-8-22(23)27-14(2)25/h11-12,16-17,20,22H,5-10H2,1-4H3. The van der Waals surface area contributed by atoms with Crippen LogP contribution in [-0.2, 0) is 16.0 Å². The van der Waals surface area contributed by atoms with Gasteiger partial charge in [0, 0.05) is 12.3 Å². The number of carbonyl (C=O) groups excluding carboxylic acids is 2. The van der Waals surface area contributed by atoms with Crippen molar-refractivity contribution in [1.82, 2.24) is 0 Å². The first-order valence-corrected chi connectivity index (χ1v) is 10.2. The second kappa shape index (κ2) is 6.65. The smallest absolute Gasteiger partial charge is 0.302 e. The summed E-state index contributed by atoms with van der Waals surface area (Å²) < 4.78 is 11.2. The summed E-state index contributed by atoms with van der Waals surface area (Å²) in [6.45, 7) is 5.47. The topological polar surface area (TPSA) is 52.6 Å². The van der Waals surface area contributed by atoms with Crippen molar-refractivity contribution in [3.8, 4) is 5.75 Å². The Balaban J connectivity index is 1.67. The largest absolute Gasteiger partial charge is 0.496 e. The maximum Gasteiger partial charge on any atom is 0.302 e. The van der Waals surface area contributed by atoms with Crippen molar-refractivity contribution in [2.75, 3.05) is 7.11 Å². The molecule has 3 aliphatic carbocycles. The molecule has 4 rings (SSSR count). The van der Waals surface area contributed by atoms with Gasteiger partial charge in [-0.3, -0.25) is 9.59 Å². The number of benzene rings is 1. The molecule has 5 atom stereocenters. The molecule has 0 amide bonds. The second-order valence-electron chi connectivity index (χ2n) is 8.94. The first-order valence-electron chi connectivity index (χ1n) is 10.2. The zero-order valence-corrected chi connectivity index (χ0v) is 16.8. The Labute approximate surface area is 161 Å². The number of esters is 1. The van der Waals surface area contributed by atoms with Gasteiger partial charge in [-0.15, -0.1) is 0 Å². The number of Topliss-reactive ketones (excluding diaryl/α,β-unsaturated/α-hetero) is 1. The minimum absolute atomic E-state index is 0.0611. The molecule has 2 fully saturated rings. The summed E-state index contributed by atoms with van der Waals surface area (Å²) in [6, 6.07) is 4.20. The molecule has 4 heteroatoms. The summed E-state index contributed by atoms with van der Waals surface area (Å²) in [5.41, 5.74) is 3.50. The highest BCUT2D eigenvalue weighted by Crippen LogP contribution is 2.61. The number of rotatable bonds is 3. The number of hydrogen-bond donors (Lipinski definition) is 0. The average molecular weight is 370 g/mol. The molecular weight excluding hydrogens is 340 g/mol. The Bertz CT molecular complexity index is 783. The Kier molecular flexibility index (Phi) is 4.56. The molecule has 1 aromatic rings. The summed E-state index contributed by atoms with van der Waals surface area (Å²) in [5.74, 6) is 2.33. The van der Waals surface area contributed by atoms with E-state index in [0.717, 1.165) is 32.1 Å². The lowest BCUT2D eigenvalue weighted by molar-refractivity contribution is -0.154. The van der Waals surface area contributed by atoms with E-state index in [1.165, 1.54) is 24.5 Å². The molecule has 27 heavy (non-hydrogen) atoms. The predicted molar refractivity (Wildman–Crippen MR) is 103 cm³/mol. The quantitative estimate of drug-likeness (QED) is 0.572. The van der Waals surface area contributed by atoms with E-state index in [1.807, 2.05) is 0 Å². The van der Waals surface area contributed by atoms with E-state index < -0.39 is 0 Å². The minimum atomic E-state index is -0.156. The molecule has 4 nitrogen and oxygen atoms in total. The zero-order valence-electron chi connectivity index (χ0n) is 16.8. The van der Waals surface area contributed by atoms with E-state index in [4.69, 9.17) is 9.47 Å². The van der Waals surface area contributed by atoms with Gasteiger partial charge in [0.1, 0.15) is 11.9 Å². The number of ether oxygens (including phenoxy) is 2. The van der Waals surface area contributed by atoms with Crippen LogP contribution in [0.2, 0.25) is 0 Å². The van der Waals surface area contributed by atoms with E-state index in [2.05, 4.69) is 19.1 Å². The Hall–Kier alpha value is -1.84. The first-order chi connectivity index (χ1) is 12.8. The van der Waals surface area contributed by atoms with Crippen molar-refractivity contribution < 1.29 is 19.1 Å². The molecule has 0 aromatic heterocycles. The van der Waals surface area contributed by atoms with Gasteiger partial charge in [0.15, 0.2) is 5.78 Å². The molecule has 0 heterocycles. The number of ketones is 1. The average Bonchev–Trinajstić information content (AvgIpc) is 2.96. The van der Waals surface area contributed by atoms with Gasteiger partial charge in [-0.05, 0) is 86.5 Å². The second-order valence-corrected chi connectivity index (χ2v) is 8.94. The first kappa shape index (κ1) is 18.5. The van der Waals surface area contributed by atoms with Crippen LogP contribution in [0, 0.1) is 17.3 Å². The van der Waals surface area contributed by atoms with E-state index in [9.17, 15) is 9.59 Å². The van der Waals surface area contributed by atoms with Crippen LogP contribution in [0.3, 0.4) is 0 Å². The molecule has 1 aromatic carbocycles. The lowest BCUT2D eigenvalue weighted by Gasteiger charge is -2.50. The van der Waals surface area contributed by atoms with E-state index in [0.29, 0.717) is 29.1 Å². The summed E-state index contributed by atoms with van der Waals surface area (Å²) in [4.78, 5) is 23.7. The fraction of sp³-hybridized carbons (Fsp3) is 0.652. The third kappa shape index (κ3) is 2.88. The van der Waals surface area contributed by atoms with Crippen LogP contribution in [0.1, 0.15) is 80.3 Å². The molecule has 0 saturated heterocycles. The maximum atomic E-state index is 12.1. The third-order valence-corrected chi connectivity index (χ3v) is 7.65. The van der Waals surface area contributed by atoms with Crippen molar-refractivity contribution in [3.05, 3.63) is 28.8 Å². The number of hydrogen-bond acceptors (Lipinski definition) is 4. The van der Waals surface area contributed by atoms with Crippen molar-refractivity contribution in [2.24, 2.45) is 17.3 Å². The van der Waals surface area contributed by atoms with Crippen LogP contribution in [0.15, 0.2) is 12.1 Å². The number of fused-ring (bicyclic) bond motifs is 5. The van der Waals surface area contributed by atoms with E-state index >= 15 is 0 Å². The van der Waals surface area contributed by atoms with E-state index in [-0.39, 0.29) is 23.3 Å². The van der Waals surface area contributed by atoms with Crippen LogP contribution in [0.5, 0.6) is 5.75 Å². The highest BCUT2D eigenvalue weighted by atomic mass is 16.5. The zero-order chi connectivity index (χ0) is 19.3. The Morgan fingerprint density at radius 2 is 1.89 bits per heavy atom. The molecule has 5 unspecified atom stereocenters. The predicted octanol–water partition coefficient (Wildman–Crippen LogP) is 4.69. The van der Waals surface area contributed by atoms with Gasteiger partial charge < -0.3 is 9.47 Å². The summed E-state index contributed by atoms with van der Waals surface area (Å²) in [5, 5.41) is 0. The monoisotopic (exact) mass is 370 g/mol. The highest BCUT2D eigenvalue weighted by Gasteiger charge is 2.56. The van der Waals surface area contributed by atoms with Gasteiger partial charge in [-0.1, -0.05) is 6.92 Å². The Morgan fingerprint density at radius 3 is 2.56 bits per heavy atom.